The molecular formula is C34H47N3O5. The molecule has 0 spiro atoms. The highest BCUT2D eigenvalue weighted by molar-refractivity contribution is 5.93. The number of nitrogens with one attached hydrogen (secondary N) is 2. The van der Waals surface area contributed by atoms with Crippen LogP contribution in [0.4, 0.5) is 4.79 Å². The number of hydrogen-bond acceptors (Lipinski definition) is 5. The highest BCUT2D eigenvalue weighted by atomic mass is 16.6. The van der Waals surface area contributed by atoms with Gasteiger partial charge in [-0.1, -0.05) is 50.5 Å². The van der Waals surface area contributed by atoms with Gasteiger partial charge in [0.05, 0.1) is 0 Å². The molecule has 2 rings (SSSR count). The molecule has 2 aromatic carbocycles. The van der Waals surface area contributed by atoms with Crippen molar-refractivity contribution < 1.29 is 24.2 Å². The average Bonchev–Trinajstić information content (AvgIpc) is 2.91. The molecule has 3 unspecified atom stereocenters. The SMILES string of the molecule is C#Cc1ccc(C(C(=O)NC(C)CCC)N(C(=O)C(Cc2ccc(O)cc2)NC(=O)OC(C)(C)C)C(C)(C)CC)cc1. The summed E-state index contributed by atoms with van der Waals surface area (Å²) in [4.78, 5) is 43.3. The second-order valence-electron chi connectivity index (χ2n) is 12.3. The summed E-state index contributed by atoms with van der Waals surface area (Å²) in [6, 6.07) is 11.3. The van der Waals surface area contributed by atoms with Crippen LogP contribution in [0, 0.1) is 12.3 Å². The van der Waals surface area contributed by atoms with E-state index in [-0.39, 0.29) is 24.1 Å². The minimum atomic E-state index is -1.07. The van der Waals surface area contributed by atoms with Gasteiger partial charge < -0.3 is 25.4 Å². The average molecular weight is 578 g/mol. The zero-order valence-electron chi connectivity index (χ0n) is 26.3. The van der Waals surface area contributed by atoms with Crippen molar-refractivity contribution in [2.24, 2.45) is 0 Å². The summed E-state index contributed by atoms with van der Waals surface area (Å²) < 4.78 is 5.51. The van der Waals surface area contributed by atoms with Crippen LogP contribution in [0.25, 0.3) is 0 Å². The summed E-state index contributed by atoms with van der Waals surface area (Å²) in [5.74, 6) is 1.92. The van der Waals surface area contributed by atoms with Gasteiger partial charge in [-0.15, -0.1) is 6.42 Å². The Hall–Kier alpha value is -3.99. The lowest BCUT2D eigenvalue weighted by atomic mass is 9.90. The van der Waals surface area contributed by atoms with E-state index in [2.05, 4.69) is 16.6 Å². The fourth-order valence-corrected chi connectivity index (χ4v) is 4.64. The second kappa shape index (κ2) is 14.8. The second-order valence-corrected chi connectivity index (χ2v) is 12.3. The van der Waals surface area contributed by atoms with Crippen LogP contribution < -0.4 is 10.6 Å². The fraction of sp³-hybridized carbons (Fsp3) is 0.500. The molecule has 3 amide bonds. The third-order valence-electron chi connectivity index (χ3n) is 7.13. The normalized spacial score (nSPS) is 13.7. The van der Waals surface area contributed by atoms with E-state index in [1.807, 2.05) is 34.6 Å². The molecule has 3 atom stereocenters. The van der Waals surface area contributed by atoms with Crippen molar-refractivity contribution in [3.63, 3.8) is 0 Å². The molecule has 228 valence electrons. The zero-order valence-corrected chi connectivity index (χ0v) is 26.3. The number of carbonyl (C=O) groups is 3. The third kappa shape index (κ3) is 9.83. The Balaban J connectivity index is 2.68. The first-order valence-electron chi connectivity index (χ1n) is 14.6. The van der Waals surface area contributed by atoms with E-state index < -0.39 is 35.2 Å². The Labute approximate surface area is 251 Å². The quantitative estimate of drug-likeness (QED) is 0.273. The van der Waals surface area contributed by atoms with Gasteiger partial charge in [0, 0.05) is 23.6 Å². The lowest BCUT2D eigenvalue weighted by Gasteiger charge is -2.45. The molecule has 0 saturated heterocycles. The van der Waals surface area contributed by atoms with Crippen molar-refractivity contribution >= 4 is 17.9 Å². The molecule has 0 saturated carbocycles. The predicted octanol–water partition coefficient (Wildman–Crippen LogP) is 5.87. The van der Waals surface area contributed by atoms with E-state index in [0.717, 1.165) is 12.8 Å². The summed E-state index contributed by atoms with van der Waals surface area (Å²) in [6.07, 6.45) is 7.16. The number of carbonyl (C=O) groups excluding carboxylic acids is 3. The van der Waals surface area contributed by atoms with E-state index in [1.54, 1.807) is 62.1 Å². The molecule has 0 radical (unpaired) electrons. The molecule has 0 bridgehead atoms. The van der Waals surface area contributed by atoms with Gasteiger partial charge in [-0.3, -0.25) is 9.59 Å². The van der Waals surface area contributed by atoms with Gasteiger partial charge >= 0.3 is 6.09 Å². The number of ether oxygens (including phenoxy) is 1. The standard InChI is InChI=1S/C34H47N3O5/c1-10-13-23(4)35-30(39)29(26-18-14-24(11-2)15-19-26)37(34(8,9)12-3)31(40)28(36-32(41)42-33(5,6)7)22-25-16-20-27(38)21-17-25/h2,14-21,23,28-29,38H,10,12-13,22H2,1,3-9H3,(H,35,39)(H,36,41). The molecule has 0 heterocycles. The summed E-state index contributed by atoms with van der Waals surface area (Å²) >= 11 is 0. The van der Waals surface area contributed by atoms with Crippen molar-refractivity contribution in [2.75, 3.05) is 0 Å². The monoisotopic (exact) mass is 577 g/mol. The van der Waals surface area contributed by atoms with Gasteiger partial charge in [-0.25, -0.2) is 4.79 Å². The number of amides is 3. The lowest BCUT2D eigenvalue weighted by molar-refractivity contribution is -0.149. The van der Waals surface area contributed by atoms with Gasteiger partial charge in [0.1, 0.15) is 23.4 Å². The minimum absolute atomic E-state index is 0.0869. The van der Waals surface area contributed by atoms with Crippen LogP contribution in [0.2, 0.25) is 0 Å². The van der Waals surface area contributed by atoms with E-state index in [0.29, 0.717) is 23.1 Å². The van der Waals surface area contributed by atoms with Crippen molar-refractivity contribution in [3.8, 4) is 18.1 Å². The van der Waals surface area contributed by atoms with E-state index in [4.69, 9.17) is 11.2 Å². The number of rotatable bonds is 12. The summed E-state index contributed by atoms with van der Waals surface area (Å²) in [5.41, 5.74) is 0.399. The Bertz CT molecular complexity index is 1240. The molecular weight excluding hydrogens is 530 g/mol. The number of phenols is 1. The minimum Gasteiger partial charge on any atom is -0.508 e. The van der Waals surface area contributed by atoms with Crippen LogP contribution in [0.1, 0.15) is 97.4 Å². The van der Waals surface area contributed by atoms with Crippen LogP contribution >= 0.6 is 0 Å². The predicted molar refractivity (Wildman–Crippen MR) is 166 cm³/mol. The highest BCUT2D eigenvalue weighted by Gasteiger charge is 2.43. The van der Waals surface area contributed by atoms with Crippen LogP contribution in [-0.2, 0) is 20.7 Å². The molecule has 0 aliphatic heterocycles. The van der Waals surface area contributed by atoms with Crippen LogP contribution in [0.15, 0.2) is 48.5 Å². The maximum Gasteiger partial charge on any atom is 0.408 e. The molecule has 8 heteroatoms. The first kappa shape index (κ1) is 34.2. The van der Waals surface area contributed by atoms with Crippen molar-refractivity contribution in [1.82, 2.24) is 15.5 Å². The number of alkyl carbamates (subject to hydrolysis) is 1. The fourth-order valence-electron chi connectivity index (χ4n) is 4.64. The topological polar surface area (TPSA) is 108 Å². The lowest BCUT2D eigenvalue weighted by Crippen LogP contribution is -2.60. The smallest absolute Gasteiger partial charge is 0.408 e. The summed E-state index contributed by atoms with van der Waals surface area (Å²) in [5, 5.41) is 15.6. The molecule has 0 fully saturated rings. The van der Waals surface area contributed by atoms with E-state index >= 15 is 0 Å². The van der Waals surface area contributed by atoms with Gasteiger partial charge in [0.2, 0.25) is 11.8 Å². The molecule has 2 aromatic rings. The summed E-state index contributed by atoms with van der Waals surface area (Å²) in [6.45, 7) is 15.0. The largest absolute Gasteiger partial charge is 0.508 e. The van der Waals surface area contributed by atoms with E-state index in [9.17, 15) is 19.5 Å². The third-order valence-corrected chi connectivity index (χ3v) is 7.13. The Morgan fingerprint density at radius 2 is 1.57 bits per heavy atom. The molecule has 0 aromatic heterocycles. The van der Waals surface area contributed by atoms with Gasteiger partial charge in [-0.2, -0.15) is 0 Å². The Kier molecular flexibility index (Phi) is 12.0. The molecule has 0 aliphatic carbocycles. The van der Waals surface area contributed by atoms with Crippen molar-refractivity contribution in [1.29, 1.82) is 0 Å². The maximum absolute atomic E-state index is 14.7. The molecule has 3 N–H and O–H groups in total. The van der Waals surface area contributed by atoms with Gasteiger partial charge in [-0.05, 0) is 89.8 Å². The Morgan fingerprint density at radius 3 is 2.07 bits per heavy atom. The number of benzene rings is 2. The maximum atomic E-state index is 14.7. The van der Waals surface area contributed by atoms with Crippen molar-refractivity contribution in [3.05, 3.63) is 65.2 Å². The number of aromatic hydroxyl groups is 1. The number of terminal acetylenes is 1. The first-order valence-corrected chi connectivity index (χ1v) is 14.6. The van der Waals surface area contributed by atoms with Crippen LogP contribution in [-0.4, -0.2) is 51.1 Å². The highest BCUT2D eigenvalue weighted by Crippen LogP contribution is 2.33. The van der Waals surface area contributed by atoms with Crippen LogP contribution in [0.5, 0.6) is 5.75 Å². The van der Waals surface area contributed by atoms with Gasteiger partial charge in [0.25, 0.3) is 0 Å². The van der Waals surface area contributed by atoms with Gasteiger partial charge in [0.15, 0.2) is 0 Å². The summed E-state index contributed by atoms with van der Waals surface area (Å²) in [7, 11) is 0. The molecule has 0 aliphatic rings. The molecule has 8 nitrogen and oxygen atoms in total. The van der Waals surface area contributed by atoms with E-state index in [1.165, 1.54) is 12.1 Å². The number of nitrogens with zero attached hydrogens (tertiary/aromatic N) is 1. The zero-order chi connectivity index (χ0) is 31.7. The molecule has 42 heavy (non-hydrogen) atoms. The number of phenolic OH excluding ortho intramolecular Hbond substituents is 1. The number of hydrogen-bond donors (Lipinski definition) is 3. The first-order chi connectivity index (χ1) is 19.6. The van der Waals surface area contributed by atoms with Crippen LogP contribution in [0.3, 0.4) is 0 Å². The van der Waals surface area contributed by atoms with Crippen molar-refractivity contribution in [2.45, 2.75) is 110 Å². The Morgan fingerprint density at radius 1 is 0.976 bits per heavy atom.